The third kappa shape index (κ3) is 8.27. The minimum absolute atomic E-state index is 0.0108. The molecule has 9 nitrogen and oxygen atoms in total. The Kier molecular flexibility index (Phi) is 9.75. The molecule has 1 heterocycles. The zero-order valence-corrected chi connectivity index (χ0v) is 17.7. The van der Waals surface area contributed by atoms with Crippen LogP contribution in [0.1, 0.15) is 13.8 Å². The van der Waals surface area contributed by atoms with E-state index in [9.17, 15) is 13.2 Å². The van der Waals surface area contributed by atoms with Gasteiger partial charge in [0.2, 0.25) is 15.9 Å². The van der Waals surface area contributed by atoms with Gasteiger partial charge in [-0.3, -0.25) is 4.79 Å². The zero-order valence-electron chi connectivity index (χ0n) is 16.8. The number of rotatable bonds is 9. The van der Waals surface area contributed by atoms with E-state index < -0.39 is 10.0 Å². The van der Waals surface area contributed by atoms with Crippen LogP contribution in [-0.4, -0.2) is 106 Å². The van der Waals surface area contributed by atoms with Crippen LogP contribution in [0.4, 0.5) is 0 Å². The Morgan fingerprint density at radius 2 is 1.93 bits per heavy atom. The summed E-state index contributed by atoms with van der Waals surface area (Å²) in [5.41, 5.74) is 0. The van der Waals surface area contributed by atoms with Crippen LogP contribution in [0, 0.1) is 0 Å². The van der Waals surface area contributed by atoms with Crippen LogP contribution in [0.25, 0.3) is 0 Å². The van der Waals surface area contributed by atoms with E-state index in [0.717, 1.165) is 0 Å². The third-order valence-corrected chi connectivity index (χ3v) is 5.83. The van der Waals surface area contributed by atoms with E-state index in [2.05, 4.69) is 16.9 Å². The number of guanidine groups is 1. The number of ether oxygens (including phenoxy) is 1. The Morgan fingerprint density at radius 3 is 2.44 bits per heavy atom. The lowest BCUT2D eigenvalue weighted by Gasteiger charge is -2.36. The van der Waals surface area contributed by atoms with Crippen LogP contribution < -0.4 is 5.32 Å². The van der Waals surface area contributed by atoms with Crippen molar-refractivity contribution in [1.29, 1.82) is 0 Å². The monoisotopic (exact) mass is 403 g/mol. The van der Waals surface area contributed by atoms with E-state index in [4.69, 9.17) is 4.74 Å². The van der Waals surface area contributed by atoms with E-state index in [1.807, 2.05) is 18.7 Å². The van der Waals surface area contributed by atoms with Crippen molar-refractivity contribution in [3.63, 3.8) is 0 Å². The summed E-state index contributed by atoms with van der Waals surface area (Å²) in [5, 5.41) is 3.13. The van der Waals surface area contributed by atoms with Crippen molar-refractivity contribution in [1.82, 2.24) is 19.4 Å². The quantitative estimate of drug-likeness (QED) is 0.319. The first kappa shape index (κ1) is 23.4. The number of nitrogens with one attached hydrogen (secondary N) is 1. The van der Waals surface area contributed by atoms with Crippen molar-refractivity contribution < 1.29 is 17.9 Å². The second-order valence-corrected chi connectivity index (χ2v) is 8.81. The van der Waals surface area contributed by atoms with Gasteiger partial charge in [0.1, 0.15) is 6.54 Å². The summed E-state index contributed by atoms with van der Waals surface area (Å²) >= 11 is 0. The number of nitrogens with zero attached hydrogens (tertiary/aromatic N) is 4. The fourth-order valence-electron chi connectivity index (χ4n) is 2.41. The molecule has 1 N–H and O–H groups in total. The molecule has 156 valence electrons. The number of hydrogen-bond donors (Lipinski definition) is 1. The van der Waals surface area contributed by atoms with Gasteiger partial charge in [-0.2, -0.15) is 4.31 Å². The van der Waals surface area contributed by atoms with Crippen molar-refractivity contribution in [3.05, 3.63) is 12.7 Å². The SMILES string of the molecule is C=CCNC(=NCC(=O)N(C)C)N1CCN(S(=O)(=O)CCOC(C)C)CC1. The van der Waals surface area contributed by atoms with Crippen LogP contribution in [0.2, 0.25) is 0 Å². The predicted octanol–water partition coefficient (Wildman–Crippen LogP) is -0.421. The third-order valence-electron chi connectivity index (χ3n) is 3.99. The fraction of sp³-hybridized carbons (Fsp3) is 0.765. The fourth-order valence-corrected chi connectivity index (χ4v) is 3.70. The second kappa shape index (κ2) is 11.3. The molecule has 1 amide bonds. The van der Waals surface area contributed by atoms with Crippen molar-refractivity contribution in [2.24, 2.45) is 4.99 Å². The lowest BCUT2D eigenvalue weighted by Crippen LogP contribution is -2.54. The molecule has 0 aromatic carbocycles. The minimum atomic E-state index is -3.34. The van der Waals surface area contributed by atoms with Gasteiger partial charge in [0, 0.05) is 46.8 Å². The maximum absolute atomic E-state index is 12.4. The average Bonchev–Trinajstić information content (AvgIpc) is 2.61. The van der Waals surface area contributed by atoms with Gasteiger partial charge in [-0.25, -0.2) is 13.4 Å². The van der Waals surface area contributed by atoms with Gasteiger partial charge >= 0.3 is 0 Å². The number of amides is 1. The highest BCUT2D eigenvalue weighted by Crippen LogP contribution is 2.09. The molecule has 1 rings (SSSR count). The lowest BCUT2D eigenvalue weighted by molar-refractivity contribution is -0.127. The summed E-state index contributed by atoms with van der Waals surface area (Å²) in [6.07, 6.45) is 1.72. The molecule has 0 aromatic heterocycles. The van der Waals surface area contributed by atoms with Gasteiger partial charge in [-0.15, -0.1) is 6.58 Å². The van der Waals surface area contributed by atoms with Crippen molar-refractivity contribution in [3.8, 4) is 0 Å². The van der Waals surface area contributed by atoms with Gasteiger partial charge in [0.05, 0.1) is 18.5 Å². The van der Waals surface area contributed by atoms with E-state index in [1.54, 1.807) is 20.2 Å². The number of likely N-dealkylation sites (N-methyl/N-ethyl adjacent to an activating group) is 1. The first-order valence-corrected chi connectivity index (χ1v) is 10.7. The van der Waals surface area contributed by atoms with Crippen LogP contribution in [0.15, 0.2) is 17.6 Å². The highest BCUT2D eigenvalue weighted by Gasteiger charge is 2.28. The molecule has 0 radical (unpaired) electrons. The summed E-state index contributed by atoms with van der Waals surface area (Å²) in [6.45, 7) is 9.94. The van der Waals surface area contributed by atoms with Crippen molar-refractivity contribution in [2.75, 3.05) is 65.7 Å². The Hall–Kier alpha value is -1.65. The summed E-state index contributed by atoms with van der Waals surface area (Å²) in [6, 6.07) is 0. The van der Waals surface area contributed by atoms with E-state index in [1.165, 1.54) is 9.21 Å². The van der Waals surface area contributed by atoms with E-state index >= 15 is 0 Å². The highest BCUT2D eigenvalue weighted by atomic mass is 32.2. The molecule has 0 aliphatic carbocycles. The van der Waals surface area contributed by atoms with Crippen LogP contribution in [-0.2, 0) is 19.6 Å². The molecule has 0 unspecified atom stereocenters. The van der Waals surface area contributed by atoms with Gasteiger partial charge in [-0.1, -0.05) is 6.08 Å². The topological polar surface area (TPSA) is 94.5 Å². The Bertz CT molecular complexity index is 611. The number of carbonyl (C=O) groups is 1. The van der Waals surface area contributed by atoms with Crippen LogP contribution in [0.5, 0.6) is 0 Å². The summed E-state index contributed by atoms with van der Waals surface area (Å²) < 4.78 is 31.7. The molecule has 1 fully saturated rings. The van der Waals surface area contributed by atoms with Gasteiger partial charge in [0.25, 0.3) is 0 Å². The molecular weight excluding hydrogens is 370 g/mol. The molecular formula is C17H33N5O4S. The molecule has 1 aliphatic heterocycles. The average molecular weight is 404 g/mol. The number of piperazine rings is 1. The second-order valence-electron chi connectivity index (χ2n) is 6.72. The number of sulfonamides is 1. The van der Waals surface area contributed by atoms with Gasteiger partial charge < -0.3 is 19.9 Å². The first-order chi connectivity index (χ1) is 12.7. The standard InChI is InChI=1S/C17H33N5O4S/c1-6-7-18-17(19-14-16(23)20(4)5)21-8-10-22(11-9-21)27(24,25)13-12-26-15(2)3/h6,15H,1,7-14H2,2-5H3,(H,18,19). The summed E-state index contributed by atoms with van der Waals surface area (Å²) in [5.74, 6) is 0.475. The molecule has 1 aliphatic rings. The molecule has 10 heteroatoms. The first-order valence-electron chi connectivity index (χ1n) is 9.11. The van der Waals surface area contributed by atoms with Gasteiger partial charge in [-0.05, 0) is 13.8 Å². The maximum Gasteiger partial charge on any atom is 0.243 e. The summed E-state index contributed by atoms with van der Waals surface area (Å²) in [7, 11) is 0.0261. The maximum atomic E-state index is 12.4. The lowest BCUT2D eigenvalue weighted by atomic mass is 10.4. The van der Waals surface area contributed by atoms with Crippen LogP contribution >= 0.6 is 0 Å². The number of aliphatic imine (C=N–C) groups is 1. The van der Waals surface area contributed by atoms with Gasteiger partial charge in [0.15, 0.2) is 5.96 Å². The molecule has 0 saturated carbocycles. The smallest absolute Gasteiger partial charge is 0.243 e. The summed E-state index contributed by atoms with van der Waals surface area (Å²) in [4.78, 5) is 19.6. The van der Waals surface area contributed by atoms with Crippen molar-refractivity contribution in [2.45, 2.75) is 20.0 Å². The van der Waals surface area contributed by atoms with E-state index in [0.29, 0.717) is 38.7 Å². The minimum Gasteiger partial charge on any atom is -0.378 e. The molecule has 27 heavy (non-hydrogen) atoms. The molecule has 1 saturated heterocycles. The highest BCUT2D eigenvalue weighted by molar-refractivity contribution is 7.89. The number of hydrogen-bond acceptors (Lipinski definition) is 5. The largest absolute Gasteiger partial charge is 0.378 e. The molecule has 0 atom stereocenters. The zero-order chi connectivity index (χ0) is 20.4. The molecule has 0 spiro atoms. The molecule has 0 aromatic rings. The number of carbonyl (C=O) groups excluding carboxylic acids is 1. The Morgan fingerprint density at radius 1 is 1.30 bits per heavy atom. The van der Waals surface area contributed by atoms with Crippen LogP contribution in [0.3, 0.4) is 0 Å². The Balaban J connectivity index is 2.65. The Labute approximate surface area is 163 Å². The van der Waals surface area contributed by atoms with E-state index in [-0.39, 0.29) is 30.9 Å². The predicted molar refractivity (Wildman–Crippen MR) is 107 cm³/mol. The van der Waals surface area contributed by atoms with Crippen molar-refractivity contribution >= 4 is 21.9 Å². The molecule has 0 bridgehead atoms. The normalized spacial score (nSPS) is 16.5.